The second kappa shape index (κ2) is 4.40. The Morgan fingerprint density at radius 2 is 2.00 bits per heavy atom. The first-order chi connectivity index (χ1) is 6.38. The molecule has 0 spiro atoms. The van der Waals surface area contributed by atoms with Gasteiger partial charge in [0.2, 0.25) is 0 Å². The average molecular weight is 184 g/mol. The second-order valence-corrected chi connectivity index (χ2v) is 4.11. The van der Waals surface area contributed by atoms with Gasteiger partial charge < -0.3 is 10.1 Å². The summed E-state index contributed by atoms with van der Waals surface area (Å²) in [4.78, 5) is 2.44. The number of hydrogen-bond donors (Lipinski definition) is 1. The van der Waals surface area contributed by atoms with Crippen LogP contribution in [0.4, 0.5) is 0 Å². The second-order valence-electron chi connectivity index (χ2n) is 4.11. The van der Waals surface area contributed by atoms with E-state index in [4.69, 9.17) is 4.74 Å². The lowest BCUT2D eigenvalue weighted by Crippen LogP contribution is -2.45. The fourth-order valence-electron chi connectivity index (χ4n) is 2.33. The lowest BCUT2D eigenvalue weighted by Gasteiger charge is -2.35. The molecule has 0 unspecified atom stereocenters. The molecule has 0 aliphatic carbocycles. The van der Waals surface area contributed by atoms with Gasteiger partial charge in [-0.2, -0.15) is 0 Å². The Kier molecular flexibility index (Phi) is 3.19. The molecule has 0 saturated carbocycles. The molecule has 3 heteroatoms. The van der Waals surface area contributed by atoms with E-state index in [9.17, 15) is 0 Å². The molecule has 0 aromatic rings. The zero-order chi connectivity index (χ0) is 9.10. The van der Waals surface area contributed by atoms with E-state index in [1.807, 2.05) is 0 Å². The van der Waals surface area contributed by atoms with Crippen molar-refractivity contribution in [3.8, 4) is 0 Å². The van der Waals surface area contributed by atoms with E-state index < -0.39 is 0 Å². The average Bonchev–Trinajstić information content (AvgIpc) is 2.71. The van der Waals surface area contributed by atoms with Crippen LogP contribution >= 0.6 is 0 Å². The third kappa shape index (κ3) is 2.22. The Labute approximate surface area is 80.4 Å². The molecule has 0 aromatic carbocycles. The number of nitrogens with zero attached hydrogens (tertiary/aromatic N) is 1. The van der Waals surface area contributed by atoms with Gasteiger partial charge in [0.15, 0.2) is 0 Å². The molecule has 2 rings (SSSR count). The van der Waals surface area contributed by atoms with Gasteiger partial charge in [0.1, 0.15) is 6.23 Å². The lowest BCUT2D eigenvalue weighted by atomic mass is 10.0. The first kappa shape index (κ1) is 9.44. The Morgan fingerprint density at radius 1 is 1.23 bits per heavy atom. The third-order valence-corrected chi connectivity index (χ3v) is 3.24. The Morgan fingerprint density at radius 3 is 2.62 bits per heavy atom. The van der Waals surface area contributed by atoms with Gasteiger partial charge in [0.05, 0.1) is 0 Å². The van der Waals surface area contributed by atoms with Crippen LogP contribution in [0.15, 0.2) is 0 Å². The molecular weight excluding hydrogens is 164 g/mol. The number of piperidine rings is 1. The number of ether oxygens (including phenoxy) is 1. The summed E-state index contributed by atoms with van der Waals surface area (Å²) in [5, 5.41) is 3.39. The number of rotatable bonds is 2. The topological polar surface area (TPSA) is 24.5 Å². The number of nitrogens with one attached hydrogen (secondary N) is 1. The van der Waals surface area contributed by atoms with Gasteiger partial charge in [-0.05, 0) is 45.8 Å². The van der Waals surface area contributed by atoms with Crippen molar-refractivity contribution in [3.05, 3.63) is 0 Å². The first-order valence-corrected chi connectivity index (χ1v) is 5.42. The Hall–Kier alpha value is -0.120. The van der Waals surface area contributed by atoms with Crippen LogP contribution in [-0.2, 0) is 4.74 Å². The minimum atomic E-state index is 0.406. The van der Waals surface area contributed by atoms with E-state index in [-0.39, 0.29) is 0 Å². The summed E-state index contributed by atoms with van der Waals surface area (Å²) in [6.45, 7) is 3.30. The molecule has 0 bridgehead atoms. The molecule has 3 nitrogen and oxygen atoms in total. The van der Waals surface area contributed by atoms with Gasteiger partial charge in [-0.3, -0.25) is 4.90 Å². The van der Waals surface area contributed by atoms with Crippen molar-refractivity contribution < 1.29 is 4.74 Å². The minimum Gasteiger partial charge on any atom is -0.363 e. The normalized spacial score (nSPS) is 31.4. The Balaban J connectivity index is 1.83. The van der Waals surface area contributed by atoms with E-state index in [1.165, 1.54) is 38.8 Å². The molecule has 1 atom stereocenters. The van der Waals surface area contributed by atoms with Crippen LogP contribution in [0.5, 0.6) is 0 Å². The maximum Gasteiger partial charge on any atom is 0.110 e. The summed E-state index contributed by atoms with van der Waals surface area (Å²) < 4.78 is 5.67. The van der Waals surface area contributed by atoms with Crippen molar-refractivity contribution in [2.45, 2.75) is 38.0 Å². The first-order valence-electron chi connectivity index (χ1n) is 5.42. The molecule has 2 aliphatic heterocycles. The predicted octanol–water partition coefficient (Wildman–Crippen LogP) is 0.807. The van der Waals surface area contributed by atoms with Gasteiger partial charge >= 0.3 is 0 Å². The summed E-state index contributed by atoms with van der Waals surface area (Å²) in [5.41, 5.74) is 0. The highest BCUT2D eigenvalue weighted by Crippen LogP contribution is 2.20. The number of hydrogen-bond acceptors (Lipinski definition) is 3. The van der Waals surface area contributed by atoms with Crippen LogP contribution in [0.1, 0.15) is 25.7 Å². The summed E-state index contributed by atoms with van der Waals surface area (Å²) in [7, 11) is 2.21. The van der Waals surface area contributed by atoms with Crippen molar-refractivity contribution in [2.75, 3.05) is 26.7 Å². The fraction of sp³-hybridized carbons (Fsp3) is 1.00. The van der Waals surface area contributed by atoms with E-state index in [2.05, 4.69) is 17.3 Å². The van der Waals surface area contributed by atoms with Crippen molar-refractivity contribution >= 4 is 0 Å². The maximum atomic E-state index is 5.67. The minimum absolute atomic E-state index is 0.406. The highest BCUT2D eigenvalue weighted by molar-refractivity contribution is 4.78. The highest BCUT2D eigenvalue weighted by atomic mass is 16.5. The monoisotopic (exact) mass is 184 g/mol. The van der Waals surface area contributed by atoms with Crippen LogP contribution < -0.4 is 5.32 Å². The molecule has 13 heavy (non-hydrogen) atoms. The zero-order valence-electron chi connectivity index (χ0n) is 8.46. The Bertz CT molecular complexity index is 151. The summed E-state index contributed by atoms with van der Waals surface area (Å²) in [6, 6.07) is 0.740. The highest BCUT2D eigenvalue weighted by Gasteiger charge is 2.26. The van der Waals surface area contributed by atoms with Crippen molar-refractivity contribution in [1.29, 1.82) is 0 Å². The summed E-state index contributed by atoms with van der Waals surface area (Å²) in [6.07, 6.45) is 5.41. The van der Waals surface area contributed by atoms with E-state index in [1.54, 1.807) is 0 Å². The summed E-state index contributed by atoms with van der Waals surface area (Å²) >= 11 is 0. The van der Waals surface area contributed by atoms with E-state index in [0.717, 1.165) is 12.6 Å². The quantitative estimate of drug-likeness (QED) is 0.687. The van der Waals surface area contributed by atoms with Gasteiger partial charge in [0.25, 0.3) is 0 Å². The largest absolute Gasteiger partial charge is 0.363 e. The van der Waals surface area contributed by atoms with Crippen molar-refractivity contribution in [3.63, 3.8) is 0 Å². The van der Waals surface area contributed by atoms with Crippen LogP contribution in [0.25, 0.3) is 0 Å². The van der Waals surface area contributed by atoms with Crippen molar-refractivity contribution in [2.24, 2.45) is 0 Å². The molecule has 0 amide bonds. The van der Waals surface area contributed by atoms with Crippen LogP contribution in [0.3, 0.4) is 0 Å². The molecule has 76 valence electrons. The molecule has 2 heterocycles. The molecule has 2 saturated heterocycles. The molecule has 2 fully saturated rings. The molecule has 1 N–H and O–H groups in total. The van der Waals surface area contributed by atoms with Gasteiger partial charge in [0, 0.05) is 12.6 Å². The molecular formula is C10H20N2O. The summed E-state index contributed by atoms with van der Waals surface area (Å²) in [5.74, 6) is 0. The molecule has 2 aliphatic rings. The lowest BCUT2D eigenvalue weighted by molar-refractivity contribution is -0.0335. The predicted molar refractivity (Wildman–Crippen MR) is 52.6 cm³/mol. The smallest absolute Gasteiger partial charge is 0.110 e. The van der Waals surface area contributed by atoms with Crippen molar-refractivity contribution in [1.82, 2.24) is 10.2 Å². The molecule has 0 radical (unpaired) electrons. The van der Waals surface area contributed by atoms with Crippen LogP contribution in [0, 0.1) is 0 Å². The SMILES string of the molecule is CN(C1CCNCC1)[C@H]1CCCO1. The van der Waals surface area contributed by atoms with Gasteiger partial charge in [-0.15, -0.1) is 0 Å². The maximum absolute atomic E-state index is 5.67. The van der Waals surface area contributed by atoms with E-state index in [0.29, 0.717) is 6.23 Å². The van der Waals surface area contributed by atoms with Gasteiger partial charge in [-0.25, -0.2) is 0 Å². The third-order valence-electron chi connectivity index (χ3n) is 3.24. The van der Waals surface area contributed by atoms with Crippen LogP contribution in [-0.4, -0.2) is 43.9 Å². The standard InChI is InChI=1S/C10H20N2O/c1-12(10-3-2-8-13-10)9-4-6-11-7-5-9/h9-11H,2-8H2,1H3/t10-/m1/s1. The fourth-order valence-corrected chi connectivity index (χ4v) is 2.33. The zero-order valence-corrected chi connectivity index (χ0v) is 8.46. The van der Waals surface area contributed by atoms with Gasteiger partial charge in [-0.1, -0.05) is 0 Å². The van der Waals surface area contributed by atoms with Crippen LogP contribution in [0.2, 0.25) is 0 Å². The molecule has 0 aromatic heterocycles. The van der Waals surface area contributed by atoms with E-state index >= 15 is 0 Å².